The van der Waals surface area contributed by atoms with Crippen molar-refractivity contribution < 1.29 is 4.74 Å². The first-order chi connectivity index (χ1) is 13.0. The van der Waals surface area contributed by atoms with Gasteiger partial charge in [0.1, 0.15) is 11.6 Å². The fraction of sp³-hybridized carbons (Fsp3) is 0.476. The molecule has 6 heteroatoms. The summed E-state index contributed by atoms with van der Waals surface area (Å²) in [7, 11) is 1.70. The summed E-state index contributed by atoms with van der Waals surface area (Å²) in [6.45, 7) is 8.29. The Bertz CT molecular complexity index is 990. The molecule has 0 saturated heterocycles. The molecule has 0 radical (unpaired) electrons. The quantitative estimate of drug-likeness (QED) is 0.685. The summed E-state index contributed by atoms with van der Waals surface area (Å²) in [5.74, 6) is 3.65. The first-order valence-corrected chi connectivity index (χ1v) is 9.66. The van der Waals surface area contributed by atoms with Crippen LogP contribution < -0.4 is 10.1 Å². The standard InChI is InChI=1S/C21H27N5O/c1-6-16(15-7-8-15)17-11-22-26-20(17)23-14(4)24-21(26)25-18-9-13(3)19(27-5)10-12(18)2/h9-11,15-16H,6-8H2,1-5H3,(H,23,24,25). The molecule has 1 fully saturated rings. The molecule has 1 aliphatic carbocycles. The SMILES string of the molecule is CCC(c1cnn2c(Nc3cc(C)c(OC)cc3C)nc(C)nc12)C1CC1. The molecule has 1 atom stereocenters. The Kier molecular flexibility index (Phi) is 4.50. The van der Waals surface area contributed by atoms with Crippen LogP contribution in [0.25, 0.3) is 5.65 Å². The highest BCUT2D eigenvalue weighted by Crippen LogP contribution is 2.45. The number of aryl methyl sites for hydroxylation is 3. The van der Waals surface area contributed by atoms with Crippen LogP contribution in [-0.2, 0) is 0 Å². The summed E-state index contributed by atoms with van der Waals surface area (Å²) in [4.78, 5) is 9.33. The van der Waals surface area contributed by atoms with Gasteiger partial charge in [0.25, 0.3) is 0 Å². The normalized spacial score (nSPS) is 15.1. The van der Waals surface area contributed by atoms with Crippen LogP contribution in [0, 0.1) is 26.7 Å². The van der Waals surface area contributed by atoms with Gasteiger partial charge < -0.3 is 10.1 Å². The molecular formula is C21H27N5O. The number of hydrogen-bond acceptors (Lipinski definition) is 5. The number of nitrogens with one attached hydrogen (secondary N) is 1. The molecule has 3 aromatic rings. The van der Waals surface area contributed by atoms with Gasteiger partial charge in [-0.2, -0.15) is 14.6 Å². The number of ether oxygens (including phenoxy) is 1. The predicted octanol–water partition coefficient (Wildman–Crippen LogP) is 4.71. The van der Waals surface area contributed by atoms with Crippen LogP contribution in [-0.4, -0.2) is 26.7 Å². The monoisotopic (exact) mass is 365 g/mol. The van der Waals surface area contributed by atoms with Gasteiger partial charge in [-0.3, -0.25) is 0 Å². The second kappa shape index (κ2) is 6.83. The van der Waals surface area contributed by atoms with Crippen LogP contribution in [0.5, 0.6) is 5.75 Å². The van der Waals surface area contributed by atoms with Gasteiger partial charge in [0.05, 0.1) is 13.3 Å². The van der Waals surface area contributed by atoms with Crippen molar-refractivity contribution >= 4 is 17.3 Å². The van der Waals surface area contributed by atoms with Gasteiger partial charge >= 0.3 is 0 Å². The maximum atomic E-state index is 5.42. The Morgan fingerprint density at radius 1 is 1.19 bits per heavy atom. The Morgan fingerprint density at radius 3 is 2.63 bits per heavy atom. The molecule has 2 heterocycles. The molecule has 1 aliphatic rings. The Labute approximate surface area is 160 Å². The van der Waals surface area contributed by atoms with Crippen LogP contribution >= 0.6 is 0 Å². The van der Waals surface area contributed by atoms with Gasteiger partial charge in [0.15, 0.2) is 5.65 Å². The zero-order chi connectivity index (χ0) is 19.1. The average Bonchev–Trinajstić information content (AvgIpc) is 3.39. The van der Waals surface area contributed by atoms with E-state index in [2.05, 4.69) is 35.3 Å². The van der Waals surface area contributed by atoms with Crippen LogP contribution in [0.1, 0.15) is 54.6 Å². The molecule has 142 valence electrons. The zero-order valence-corrected chi connectivity index (χ0v) is 16.7. The molecule has 2 aromatic heterocycles. The lowest BCUT2D eigenvalue weighted by molar-refractivity contribution is 0.411. The molecule has 1 saturated carbocycles. The van der Waals surface area contributed by atoms with Gasteiger partial charge in [0, 0.05) is 11.3 Å². The highest BCUT2D eigenvalue weighted by Gasteiger charge is 2.33. The van der Waals surface area contributed by atoms with Crippen molar-refractivity contribution in [1.82, 2.24) is 19.6 Å². The minimum Gasteiger partial charge on any atom is -0.496 e. The number of anilines is 2. The molecule has 4 rings (SSSR count). The maximum Gasteiger partial charge on any atom is 0.232 e. The topological polar surface area (TPSA) is 64.3 Å². The van der Waals surface area contributed by atoms with Gasteiger partial charge in [0.2, 0.25) is 5.95 Å². The molecule has 0 aliphatic heterocycles. The number of nitrogens with zero attached hydrogens (tertiary/aromatic N) is 4. The van der Waals surface area contributed by atoms with Crippen LogP contribution in [0.4, 0.5) is 11.6 Å². The Balaban J connectivity index is 1.76. The van der Waals surface area contributed by atoms with Crippen LogP contribution in [0.3, 0.4) is 0 Å². The van der Waals surface area contributed by atoms with Crippen molar-refractivity contribution in [3.05, 3.63) is 40.8 Å². The molecule has 27 heavy (non-hydrogen) atoms. The third-order valence-electron chi connectivity index (χ3n) is 5.53. The second-order valence-electron chi connectivity index (χ2n) is 7.54. The minimum absolute atomic E-state index is 0.537. The summed E-state index contributed by atoms with van der Waals surface area (Å²) >= 11 is 0. The van der Waals surface area contributed by atoms with Crippen molar-refractivity contribution in [3.63, 3.8) is 0 Å². The van der Waals surface area contributed by atoms with E-state index in [-0.39, 0.29) is 0 Å². The summed E-state index contributed by atoms with van der Waals surface area (Å²) in [5, 5.41) is 8.08. The van der Waals surface area contributed by atoms with E-state index in [0.29, 0.717) is 11.9 Å². The number of hydrogen-bond donors (Lipinski definition) is 1. The summed E-state index contributed by atoms with van der Waals surface area (Å²) in [6, 6.07) is 4.12. The predicted molar refractivity (Wildman–Crippen MR) is 107 cm³/mol. The van der Waals surface area contributed by atoms with E-state index in [4.69, 9.17) is 9.72 Å². The second-order valence-corrected chi connectivity index (χ2v) is 7.54. The van der Waals surface area contributed by atoms with Crippen LogP contribution in [0.15, 0.2) is 18.3 Å². The number of rotatable bonds is 6. The first-order valence-electron chi connectivity index (χ1n) is 9.66. The Morgan fingerprint density at radius 2 is 1.96 bits per heavy atom. The zero-order valence-electron chi connectivity index (χ0n) is 16.7. The number of benzene rings is 1. The molecule has 0 spiro atoms. The minimum atomic E-state index is 0.537. The summed E-state index contributed by atoms with van der Waals surface area (Å²) in [6.07, 6.45) is 5.73. The van der Waals surface area contributed by atoms with Gasteiger partial charge in [-0.1, -0.05) is 6.92 Å². The van der Waals surface area contributed by atoms with E-state index >= 15 is 0 Å². The van der Waals surface area contributed by atoms with Crippen molar-refractivity contribution in [2.24, 2.45) is 5.92 Å². The van der Waals surface area contributed by atoms with E-state index < -0.39 is 0 Å². The van der Waals surface area contributed by atoms with E-state index in [1.165, 1.54) is 18.4 Å². The van der Waals surface area contributed by atoms with Gasteiger partial charge in [-0.15, -0.1) is 0 Å². The summed E-state index contributed by atoms with van der Waals surface area (Å²) < 4.78 is 7.26. The van der Waals surface area contributed by atoms with Crippen LogP contribution in [0.2, 0.25) is 0 Å². The van der Waals surface area contributed by atoms with Gasteiger partial charge in [-0.25, -0.2) is 4.98 Å². The third kappa shape index (κ3) is 3.24. The largest absolute Gasteiger partial charge is 0.496 e. The lowest BCUT2D eigenvalue weighted by Crippen LogP contribution is -2.08. The van der Waals surface area contributed by atoms with E-state index in [0.717, 1.165) is 46.4 Å². The van der Waals surface area contributed by atoms with E-state index in [1.807, 2.05) is 30.6 Å². The fourth-order valence-corrected chi connectivity index (χ4v) is 3.91. The fourth-order valence-electron chi connectivity index (χ4n) is 3.91. The van der Waals surface area contributed by atoms with Crippen molar-refractivity contribution in [2.45, 2.75) is 52.9 Å². The average molecular weight is 365 g/mol. The number of fused-ring (bicyclic) bond motifs is 1. The Hall–Kier alpha value is -2.63. The highest BCUT2D eigenvalue weighted by molar-refractivity contribution is 5.64. The van der Waals surface area contributed by atoms with E-state index in [1.54, 1.807) is 7.11 Å². The van der Waals surface area contributed by atoms with Crippen molar-refractivity contribution in [2.75, 3.05) is 12.4 Å². The van der Waals surface area contributed by atoms with Gasteiger partial charge in [-0.05, 0) is 75.1 Å². The lowest BCUT2D eigenvalue weighted by atomic mass is 9.94. The first kappa shape index (κ1) is 17.8. The molecule has 1 aromatic carbocycles. The molecule has 6 nitrogen and oxygen atoms in total. The molecule has 0 bridgehead atoms. The lowest BCUT2D eigenvalue weighted by Gasteiger charge is -2.15. The maximum absolute atomic E-state index is 5.42. The third-order valence-corrected chi connectivity index (χ3v) is 5.53. The van der Waals surface area contributed by atoms with Crippen molar-refractivity contribution in [3.8, 4) is 5.75 Å². The molecule has 1 unspecified atom stereocenters. The van der Waals surface area contributed by atoms with E-state index in [9.17, 15) is 0 Å². The molecule has 0 amide bonds. The number of aromatic nitrogens is 4. The summed E-state index contributed by atoms with van der Waals surface area (Å²) in [5.41, 5.74) is 5.34. The van der Waals surface area contributed by atoms with Crippen molar-refractivity contribution in [1.29, 1.82) is 0 Å². The molecule has 1 N–H and O–H groups in total. The highest BCUT2D eigenvalue weighted by atomic mass is 16.5. The smallest absolute Gasteiger partial charge is 0.232 e. The molecular weight excluding hydrogens is 338 g/mol. The number of methoxy groups -OCH3 is 1.